The normalized spacial score (nSPS) is 12.9. The Bertz CT molecular complexity index is 1270. The van der Waals surface area contributed by atoms with Gasteiger partial charge in [-0.1, -0.05) is 35.9 Å². The van der Waals surface area contributed by atoms with Gasteiger partial charge in [0.05, 0.1) is 22.3 Å². The largest absolute Gasteiger partial charge is 0.435 e. The van der Waals surface area contributed by atoms with Crippen LogP contribution in [0.4, 0.5) is 23.2 Å². The van der Waals surface area contributed by atoms with Crippen LogP contribution in [0.3, 0.4) is 0 Å². The molecule has 0 aliphatic rings. The molecule has 4 rings (SSSR count). The Balaban J connectivity index is 1.75. The van der Waals surface area contributed by atoms with Crippen LogP contribution in [0.1, 0.15) is 24.2 Å². The Morgan fingerprint density at radius 1 is 1.13 bits per heavy atom. The minimum absolute atomic E-state index is 0.115. The Morgan fingerprint density at radius 3 is 2.61 bits per heavy atom. The molecule has 0 saturated heterocycles. The Kier molecular flexibility index (Phi) is 5.35. The summed E-state index contributed by atoms with van der Waals surface area (Å²) in [6.45, 7) is 1.71. The second-order valence-corrected chi connectivity index (χ2v) is 7.57. The van der Waals surface area contributed by atoms with E-state index in [2.05, 4.69) is 15.4 Å². The van der Waals surface area contributed by atoms with E-state index >= 15 is 0 Å². The number of pyridine rings is 1. The molecule has 0 amide bonds. The zero-order valence-electron chi connectivity index (χ0n) is 16.5. The van der Waals surface area contributed by atoms with Crippen molar-refractivity contribution in [3.05, 3.63) is 77.0 Å². The second-order valence-electron chi connectivity index (χ2n) is 7.16. The van der Waals surface area contributed by atoms with Crippen LogP contribution in [0.5, 0.6) is 0 Å². The maximum atomic E-state index is 14.7. The molecule has 1 atom stereocenters. The van der Waals surface area contributed by atoms with Gasteiger partial charge >= 0.3 is 6.18 Å². The van der Waals surface area contributed by atoms with Crippen LogP contribution in [0.15, 0.2) is 54.9 Å². The lowest BCUT2D eigenvalue weighted by Gasteiger charge is -2.20. The first kappa shape index (κ1) is 21.1. The lowest BCUT2D eigenvalue weighted by molar-refractivity contribution is -0.140. The lowest BCUT2D eigenvalue weighted by Crippen LogP contribution is -2.11. The Labute approximate surface area is 180 Å². The molecule has 1 N–H and O–H groups in total. The van der Waals surface area contributed by atoms with Crippen molar-refractivity contribution < 1.29 is 17.6 Å². The maximum Gasteiger partial charge on any atom is 0.435 e. The molecule has 0 aliphatic heterocycles. The molecule has 31 heavy (non-hydrogen) atoms. The van der Waals surface area contributed by atoms with Crippen molar-refractivity contribution in [2.24, 2.45) is 7.05 Å². The van der Waals surface area contributed by atoms with Gasteiger partial charge in [0.2, 0.25) is 0 Å². The molecule has 9 heteroatoms. The van der Waals surface area contributed by atoms with Crippen molar-refractivity contribution in [3.63, 3.8) is 0 Å². The molecule has 160 valence electrons. The molecule has 0 bridgehead atoms. The molecular weight excluding hydrogens is 432 g/mol. The minimum Gasteiger partial charge on any atom is -0.377 e. The number of halogens is 5. The van der Waals surface area contributed by atoms with Gasteiger partial charge in [0, 0.05) is 36.0 Å². The van der Waals surface area contributed by atoms with Crippen molar-refractivity contribution in [2.75, 3.05) is 5.32 Å². The van der Waals surface area contributed by atoms with E-state index in [9.17, 15) is 17.6 Å². The summed E-state index contributed by atoms with van der Waals surface area (Å²) in [7, 11) is 1.41. The van der Waals surface area contributed by atoms with Gasteiger partial charge in [-0.05, 0) is 30.7 Å². The number of aryl methyl sites for hydroxylation is 1. The van der Waals surface area contributed by atoms with Crippen LogP contribution in [0.2, 0.25) is 5.02 Å². The highest BCUT2D eigenvalue weighted by atomic mass is 35.5. The summed E-state index contributed by atoms with van der Waals surface area (Å²) >= 11 is 6.32. The SMILES string of the molecule is CC(Nc1c(Cl)cnc2ccccc12)c1cc(-c2cn(C)nc2C(F)(F)F)ccc1F. The van der Waals surface area contributed by atoms with Crippen LogP contribution < -0.4 is 5.32 Å². The van der Waals surface area contributed by atoms with E-state index in [1.54, 1.807) is 6.92 Å². The van der Waals surface area contributed by atoms with E-state index in [-0.39, 0.29) is 16.7 Å². The standard InChI is InChI=1S/C22H17ClF4N4/c1-12(29-20-14-5-3-4-6-19(14)28-10-17(20)23)15-9-13(7-8-18(15)24)16-11-31(2)30-21(16)22(25,26)27/h3-12H,1-2H3,(H,28,29). The van der Waals surface area contributed by atoms with Gasteiger partial charge in [-0.15, -0.1) is 0 Å². The average Bonchev–Trinajstić information content (AvgIpc) is 3.12. The second kappa shape index (κ2) is 7.85. The molecule has 1 unspecified atom stereocenters. The van der Waals surface area contributed by atoms with E-state index in [1.807, 2.05) is 24.3 Å². The molecule has 0 spiro atoms. The van der Waals surface area contributed by atoms with Crippen molar-refractivity contribution in [1.82, 2.24) is 14.8 Å². The molecule has 0 saturated carbocycles. The van der Waals surface area contributed by atoms with Crippen molar-refractivity contribution in [1.29, 1.82) is 0 Å². The van der Waals surface area contributed by atoms with E-state index in [0.29, 0.717) is 16.2 Å². The van der Waals surface area contributed by atoms with E-state index in [4.69, 9.17) is 11.6 Å². The van der Waals surface area contributed by atoms with Crippen molar-refractivity contribution in [3.8, 4) is 11.1 Å². The third-order valence-electron chi connectivity index (χ3n) is 4.96. The topological polar surface area (TPSA) is 42.7 Å². The van der Waals surface area contributed by atoms with Crippen LogP contribution in [-0.2, 0) is 13.2 Å². The van der Waals surface area contributed by atoms with Gasteiger partial charge in [0.15, 0.2) is 5.69 Å². The number of aromatic nitrogens is 3. The third kappa shape index (κ3) is 4.07. The van der Waals surface area contributed by atoms with Crippen LogP contribution in [0, 0.1) is 5.82 Å². The van der Waals surface area contributed by atoms with Gasteiger partial charge in [0.1, 0.15) is 5.82 Å². The number of para-hydroxylation sites is 1. The van der Waals surface area contributed by atoms with E-state index in [1.165, 1.54) is 31.6 Å². The van der Waals surface area contributed by atoms with Crippen LogP contribution in [-0.4, -0.2) is 14.8 Å². The molecule has 2 aromatic carbocycles. The van der Waals surface area contributed by atoms with E-state index in [0.717, 1.165) is 16.1 Å². The molecule has 4 aromatic rings. The fraction of sp³-hybridized carbons (Fsp3) is 0.182. The van der Waals surface area contributed by atoms with Gasteiger partial charge in [-0.2, -0.15) is 18.3 Å². The number of nitrogens with zero attached hydrogens (tertiary/aromatic N) is 3. The molecule has 2 aromatic heterocycles. The summed E-state index contributed by atoms with van der Waals surface area (Å²) < 4.78 is 55.9. The smallest absolute Gasteiger partial charge is 0.377 e. The fourth-order valence-corrected chi connectivity index (χ4v) is 3.72. The lowest BCUT2D eigenvalue weighted by atomic mass is 9.99. The number of anilines is 1. The summed E-state index contributed by atoms with van der Waals surface area (Å²) in [5.41, 5.74) is 0.567. The maximum absolute atomic E-state index is 14.7. The highest BCUT2D eigenvalue weighted by molar-refractivity contribution is 6.34. The highest BCUT2D eigenvalue weighted by Gasteiger charge is 2.37. The van der Waals surface area contributed by atoms with Crippen molar-refractivity contribution in [2.45, 2.75) is 19.1 Å². The first-order chi connectivity index (χ1) is 14.6. The quantitative estimate of drug-likeness (QED) is 0.357. The summed E-state index contributed by atoms with van der Waals surface area (Å²) in [5.74, 6) is -0.546. The minimum atomic E-state index is -4.63. The molecular formula is C22H17ClF4N4. The first-order valence-corrected chi connectivity index (χ1v) is 9.73. The van der Waals surface area contributed by atoms with E-state index < -0.39 is 23.7 Å². The first-order valence-electron chi connectivity index (χ1n) is 9.35. The number of nitrogens with one attached hydrogen (secondary N) is 1. The molecule has 0 aliphatic carbocycles. The fourth-order valence-electron chi connectivity index (χ4n) is 3.51. The van der Waals surface area contributed by atoms with Gasteiger partial charge in [-0.25, -0.2) is 4.39 Å². The predicted octanol–water partition coefficient (Wildman–Crippen LogP) is 6.62. The zero-order valence-corrected chi connectivity index (χ0v) is 17.3. The number of hydrogen-bond acceptors (Lipinski definition) is 3. The molecule has 0 fully saturated rings. The molecule has 0 radical (unpaired) electrons. The van der Waals surface area contributed by atoms with Crippen molar-refractivity contribution >= 4 is 28.2 Å². The summed E-state index contributed by atoms with van der Waals surface area (Å²) in [6, 6.07) is 10.6. The summed E-state index contributed by atoms with van der Waals surface area (Å²) in [6.07, 6.45) is -1.86. The van der Waals surface area contributed by atoms with Gasteiger partial charge < -0.3 is 5.32 Å². The third-order valence-corrected chi connectivity index (χ3v) is 5.25. The van der Waals surface area contributed by atoms with Gasteiger partial charge in [-0.3, -0.25) is 9.67 Å². The molecule has 4 nitrogen and oxygen atoms in total. The number of benzene rings is 2. The number of rotatable bonds is 4. The number of fused-ring (bicyclic) bond motifs is 1. The predicted molar refractivity (Wildman–Crippen MR) is 112 cm³/mol. The number of alkyl halides is 3. The Morgan fingerprint density at radius 2 is 1.87 bits per heavy atom. The van der Waals surface area contributed by atoms with Crippen LogP contribution in [0.25, 0.3) is 22.0 Å². The Hall–Kier alpha value is -3.13. The summed E-state index contributed by atoms with van der Waals surface area (Å²) in [4.78, 5) is 4.27. The number of hydrogen-bond donors (Lipinski definition) is 1. The zero-order chi connectivity index (χ0) is 22.3. The van der Waals surface area contributed by atoms with Crippen LogP contribution >= 0.6 is 11.6 Å². The average molecular weight is 449 g/mol. The summed E-state index contributed by atoms with van der Waals surface area (Å²) in [5, 5.41) is 7.82. The van der Waals surface area contributed by atoms with Gasteiger partial charge in [0.25, 0.3) is 0 Å². The highest BCUT2D eigenvalue weighted by Crippen LogP contribution is 2.38. The molecule has 2 heterocycles. The monoisotopic (exact) mass is 448 g/mol.